The first-order chi connectivity index (χ1) is 27.7. The Kier molecular flexibility index (Phi) is 12.2. The lowest BCUT2D eigenvalue weighted by Crippen LogP contribution is -2.56. The second kappa shape index (κ2) is 16.7. The smallest absolute Gasteiger partial charge is 0.303 e. The molecule has 5 aliphatic rings. The molecule has 0 aromatic heterocycles. The van der Waals surface area contributed by atoms with Crippen molar-refractivity contribution in [1.29, 1.82) is 0 Å². The maximum Gasteiger partial charge on any atom is 0.303 e. The number of Topliss-reactive ketones (excluding diaryl/α,β-unsaturated/α-hetero) is 1. The number of hydrogen-bond acceptors (Lipinski definition) is 10. The Morgan fingerprint density at radius 1 is 0.879 bits per heavy atom. The molecule has 2 aromatic carbocycles. The molecule has 1 unspecified atom stereocenters. The van der Waals surface area contributed by atoms with Crippen molar-refractivity contribution in [3.8, 4) is 0 Å². The van der Waals surface area contributed by atoms with Crippen LogP contribution in [0.25, 0.3) is 0 Å². The first-order valence-corrected chi connectivity index (χ1v) is 21.4. The zero-order valence-corrected chi connectivity index (χ0v) is 35.4. The predicted molar refractivity (Wildman–Crippen MR) is 220 cm³/mol. The van der Waals surface area contributed by atoms with E-state index in [0.29, 0.717) is 31.5 Å². The van der Waals surface area contributed by atoms with Crippen molar-refractivity contribution < 1.29 is 38.6 Å². The van der Waals surface area contributed by atoms with E-state index in [2.05, 4.69) is 56.0 Å². The fraction of sp³-hybridized carbons (Fsp3) is 0.604. The van der Waals surface area contributed by atoms with Crippen LogP contribution in [0.5, 0.6) is 0 Å². The van der Waals surface area contributed by atoms with Gasteiger partial charge in [-0.2, -0.15) is 0 Å². The molecule has 0 heterocycles. The average molecular weight is 797 g/mol. The second-order valence-electron chi connectivity index (χ2n) is 18.8. The molecule has 4 fully saturated rings. The Labute approximate surface area is 344 Å². The summed E-state index contributed by atoms with van der Waals surface area (Å²) < 4.78 is 12.3. The van der Waals surface area contributed by atoms with Gasteiger partial charge in [0, 0.05) is 50.2 Å². The van der Waals surface area contributed by atoms with Crippen molar-refractivity contribution in [3.05, 3.63) is 95.2 Å². The van der Waals surface area contributed by atoms with E-state index in [1.807, 2.05) is 62.4 Å². The van der Waals surface area contributed by atoms with Gasteiger partial charge in [-0.05, 0) is 102 Å². The number of benzene rings is 2. The van der Waals surface area contributed by atoms with Crippen molar-refractivity contribution in [1.82, 2.24) is 11.0 Å². The monoisotopic (exact) mass is 796 g/mol. The quantitative estimate of drug-likeness (QED) is 0.0828. The SMILES string of the molecule is CC(=O)O[C@H]1C[C@@]2(C)[C@@H]3CC[C@H]4C(C)=C(NOCc5ccccc5)C=C[C@@]45C[C@@]35CC[C@]2(C)[C@H]1[C@H](C)[C@@H](OC(C)=O)C(=O)C(CNOCc1ccccc1)[C@@H](C)CO. The minimum absolute atomic E-state index is 0.0784. The van der Waals surface area contributed by atoms with Crippen LogP contribution >= 0.6 is 0 Å². The van der Waals surface area contributed by atoms with Gasteiger partial charge in [-0.15, -0.1) is 0 Å². The molecule has 58 heavy (non-hydrogen) atoms. The van der Waals surface area contributed by atoms with E-state index in [9.17, 15) is 19.5 Å². The third-order valence-corrected chi connectivity index (χ3v) is 15.9. The van der Waals surface area contributed by atoms with Crippen LogP contribution in [-0.4, -0.2) is 48.2 Å². The summed E-state index contributed by atoms with van der Waals surface area (Å²) in [6, 6.07) is 19.9. The molecular weight excluding hydrogens is 733 g/mol. The number of fused-ring (bicyclic) bond motifs is 2. The van der Waals surface area contributed by atoms with Gasteiger partial charge in [0.25, 0.3) is 0 Å². The van der Waals surface area contributed by atoms with Crippen LogP contribution in [0.2, 0.25) is 0 Å². The number of ether oxygens (including phenoxy) is 2. The molecule has 2 aromatic rings. The van der Waals surface area contributed by atoms with Gasteiger partial charge in [-0.25, -0.2) is 5.48 Å². The number of carbonyl (C=O) groups is 3. The van der Waals surface area contributed by atoms with Gasteiger partial charge in [0.1, 0.15) is 6.10 Å². The number of esters is 2. The molecule has 5 aliphatic carbocycles. The van der Waals surface area contributed by atoms with E-state index in [0.717, 1.165) is 48.9 Å². The first kappa shape index (κ1) is 42.3. The molecule has 4 saturated carbocycles. The standard InChI is InChI=1S/C48H64N2O8/c1-30(26-51)37(25-49-55-27-35-14-10-8-11-15-35)43(54)44(58-34(5)53)32(3)42-40(57-33(4)52)24-46(7)41-19-18-38-31(2)39(50-56-28-36-16-12-9-13-17-36)20-21-47(38)29-48(41,47)23-22-45(42,46)6/h8-17,20-21,30,32,37-38,40-42,44,49-51H,18-19,22-29H2,1-7H3/t30-,32-,37?,38-,40-,41-,42-,44+,45+,46-,47+,48-/m0/s1. The molecule has 0 saturated heterocycles. The molecule has 0 amide bonds. The fourth-order valence-electron chi connectivity index (χ4n) is 12.9. The summed E-state index contributed by atoms with van der Waals surface area (Å²) in [5.74, 6) is -2.18. The third kappa shape index (κ3) is 7.37. The van der Waals surface area contributed by atoms with Gasteiger partial charge >= 0.3 is 11.9 Å². The second-order valence-corrected chi connectivity index (χ2v) is 18.8. The molecule has 7 rings (SSSR count). The van der Waals surface area contributed by atoms with Crippen LogP contribution in [0.1, 0.15) is 98.1 Å². The molecule has 12 atom stereocenters. The molecule has 10 heteroatoms. The minimum atomic E-state index is -1.10. The summed E-state index contributed by atoms with van der Waals surface area (Å²) in [6.45, 7) is 14.3. The van der Waals surface area contributed by atoms with Crippen LogP contribution in [0, 0.1) is 57.2 Å². The number of nitrogens with one attached hydrogen (secondary N) is 2. The number of rotatable bonds is 17. The van der Waals surface area contributed by atoms with Crippen molar-refractivity contribution in [3.63, 3.8) is 0 Å². The topological polar surface area (TPSA) is 132 Å². The van der Waals surface area contributed by atoms with Crippen LogP contribution in [0.4, 0.5) is 0 Å². The average Bonchev–Trinajstić information content (AvgIpc) is 3.81. The molecule has 2 spiro atoms. The summed E-state index contributed by atoms with van der Waals surface area (Å²) in [5, 5.41) is 10.3. The highest BCUT2D eigenvalue weighted by Crippen LogP contribution is 2.87. The number of carbonyl (C=O) groups excluding carboxylic acids is 3. The summed E-state index contributed by atoms with van der Waals surface area (Å²) in [4.78, 5) is 52.1. The highest BCUT2D eigenvalue weighted by atomic mass is 16.6. The van der Waals surface area contributed by atoms with Gasteiger partial charge in [0.2, 0.25) is 0 Å². The molecular formula is C48H64N2O8. The maximum atomic E-state index is 14.7. The minimum Gasteiger partial charge on any atom is -0.462 e. The molecule has 0 radical (unpaired) electrons. The van der Waals surface area contributed by atoms with E-state index < -0.39 is 35.9 Å². The number of hydrogen-bond donors (Lipinski definition) is 3. The zero-order valence-electron chi connectivity index (χ0n) is 35.4. The summed E-state index contributed by atoms with van der Waals surface area (Å²) in [5.41, 5.74) is 10.4. The van der Waals surface area contributed by atoms with Gasteiger partial charge in [0.15, 0.2) is 11.9 Å². The highest BCUT2D eigenvalue weighted by Gasteiger charge is 2.81. The van der Waals surface area contributed by atoms with Gasteiger partial charge in [-0.1, -0.05) is 94.4 Å². The third-order valence-electron chi connectivity index (χ3n) is 15.9. The largest absolute Gasteiger partial charge is 0.462 e. The number of allylic oxidation sites excluding steroid dienone is 3. The zero-order chi connectivity index (χ0) is 41.5. The normalized spacial score (nSPS) is 34.0. The van der Waals surface area contributed by atoms with Gasteiger partial charge < -0.3 is 14.6 Å². The van der Waals surface area contributed by atoms with E-state index in [1.165, 1.54) is 19.4 Å². The van der Waals surface area contributed by atoms with Crippen LogP contribution < -0.4 is 11.0 Å². The molecule has 0 aliphatic heterocycles. The number of aliphatic hydroxyl groups excluding tert-OH is 1. The van der Waals surface area contributed by atoms with Crippen molar-refractivity contribution >= 4 is 17.7 Å². The van der Waals surface area contributed by atoms with Crippen LogP contribution in [0.3, 0.4) is 0 Å². The lowest BCUT2D eigenvalue weighted by Gasteiger charge is -2.60. The van der Waals surface area contributed by atoms with Crippen LogP contribution in [-0.2, 0) is 46.7 Å². The molecule has 0 bridgehead atoms. The summed E-state index contributed by atoms with van der Waals surface area (Å²) in [6.07, 6.45) is 9.08. The molecule has 10 nitrogen and oxygen atoms in total. The lowest BCUT2D eigenvalue weighted by molar-refractivity contribution is -0.169. The Balaban J connectivity index is 1.12. The summed E-state index contributed by atoms with van der Waals surface area (Å²) in [7, 11) is 0. The van der Waals surface area contributed by atoms with Crippen molar-refractivity contribution in [2.24, 2.45) is 57.2 Å². The predicted octanol–water partition coefficient (Wildman–Crippen LogP) is 7.82. The fourth-order valence-corrected chi connectivity index (χ4v) is 12.9. The van der Waals surface area contributed by atoms with Crippen LogP contribution in [0.15, 0.2) is 84.1 Å². The Bertz CT molecular complexity index is 1880. The maximum absolute atomic E-state index is 14.7. The Hall–Kier alpha value is -3.83. The van der Waals surface area contributed by atoms with E-state index in [4.69, 9.17) is 19.1 Å². The van der Waals surface area contributed by atoms with E-state index >= 15 is 0 Å². The molecule has 3 N–H and O–H groups in total. The van der Waals surface area contributed by atoms with Crippen molar-refractivity contribution in [2.45, 2.75) is 112 Å². The number of ketones is 1. The summed E-state index contributed by atoms with van der Waals surface area (Å²) >= 11 is 0. The number of aliphatic hydroxyl groups is 1. The van der Waals surface area contributed by atoms with Gasteiger partial charge in [-0.3, -0.25) is 29.5 Å². The number of hydroxylamine groups is 2. The Morgan fingerprint density at radius 2 is 1.53 bits per heavy atom. The van der Waals surface area contributed by atoms with Crippen molar-refractivity contribution in [2.75, 3.05) is 13.2 Å². The highest BCUT2D eigenvalue weighted by molar-refractivity contribution is 5.88. The van der Waals surface area contributed by atoms with E-state index in [-0.39, 0.29) is 52.5 Å². The molecule has 314 valence electrons. The lowest BCUT2D eigenvalue weighted by atomic mass is 9.43. The first-order valence-electron chi connectivity index (χ1n) is 21.4. The van der Waals surface area contributed by atoms with E-state index in [1.54, 1.807) is 0 Å². The Morgan fingerprint density at radius 3 is 2.16 bits per heavy atom. The van der Waals surface area contributed by atoms with Gasteiger partial charge in [0.05, 0.1) is 18.9 Å².